The largest absolute Gasteiger partial charge is 0.478 e. The summed E-state index contributed by atoms with van der Waals surface area (Å²) in [5.41, 5.74) is 0.457. The number of ether oxygens (including phenoxy) is 2. The molecule has 15 heteroatoms. The van der Waals surface area contributed by atoms with Crippen LogP contribution in [0, 0.1) is 12.7 Å². The Labute approximate surface area is 208 Å². The van der Waals surface area contributed by atoms with Gasteiger partial charge in [-0.2, -0.15) is 13.2 Å². The van der Waals surface area contributed by atoms with Gasteiger partial charge in [0, 0.05) is 24.2 Å². The number of hydrogen-bond donors (Lipinski definition) is 1. The summed E-state index contributed by atoms with van der Waals surface area (Å²) < 4.78 is 86.6. The number of alkyl halides is 3. The van der Waals surface area contributed by atoms with Crippen LogP contribution in [-0.4, -0.2) is 63.7 Å². The molecule has 1 fully saturated rings. The third-order valence-corrected chi connectivity index (χ3v) is 7.67. The number of imidazole rings is 1. The first kappa shape index (κ1) is 26.6. The van der Waals surface area contributed by atoms with E-state index in [1.54, 1.807) is 20.9 Å². The Morgan fingerprint density at radius 1 is 1.19 bits per heavy atom. The lowest BCUT2D eigenvalue weighted by molar-refractivity contribution is -0.153. The number of carbonyl (C=O) groups is 1. The lowest BCUT2D eigenvalue weighted by Gasteiger charge is -2.34. The highest BCUT2D eigenvalue weighted by molar-refractivity contribution is 7.91. The van der Waals surface area contributed by atoms with E-state index < -0.39 is 51.5 Å². The number of fused-ring (bicyclic) bond motifs is 1. The third kappa shape index (κ3) is 5.92. The van der Waals surface area contributed by atoms with Gasteiger partial charge in [0.1, 0.15) is 21.2 Å². The van der Waals surface area contributed by atoms with Gasteiger partial charge >= 0.3 is 6.18 Å². The zero-order chi connectivity index (χ0) is 27.2. The number of halogens is 4. The molecule has 0 unspecified atom stereocenters. The third-order valence-electron chi connectivity index (χ3n) is 6.02. The molecule has 37 heavy (non-hydrogen) atoms. The van der Waals surface area contributed by atoms with Gasteiger partial charge in [0.05, 0.1) is 29.4 Å². The van der Waals surface area contributed by atoms with Crippen molar-refractivity contribution >= 4 is 26.8 Å². The van der Waals surface area contributed by atoms with Crippen molar-refractivity contribution in [3.63, 3.8) is 0 Å². The Hall–Kier alpha value is -3.49. The topological polar surface area (TPSA) is 125 Å². The van der Waals surface area contributed by atoms with Crippen LogP contribution in [-0.2, 0) is 16.9 Å². The van der Waals surface area contributed by atoms with Crippen LogP contribution in [0.2, 0.25) is 0 Å². The maximum Gasteiger partial charge on any atom is 0.422 e. The molecule has 1 saturated heterocycles. The molecule has 0 spiro atoms. The van der Waals surface area contributed by atoms with Crippen LogP contribution in [0.15, 0.2) is 18.5 Å². The summed E-state index contributed by atoms with van der Waals surface area (Å²) in [7, 11) is -1.53. The molecule has 200 valence electrons. The minimum absolute atomic E-state index is 0.0257. The van der Waals surface area contributed by atoms with E-state index in [2.05, 4.69) is 25.0 Å². The van der Waals surface area contributed by atoms with E-state index in [9.17, 15) is 30.8 Å². The highest BCUT2D eigenvalue weighted by Crippen LogP contribution is 2.34. The highest BCUT2D eigenvalue weighted by Gasteiger charge is 2.36. The first-order valence-corrected chi connectivity index (χ1v) is 12.9. The van der Waals surface area contributed by atoms with E-state index in [-0.39, 0.29) is 36.1 Å². The predicted octanol–water partition coefficient (Wildman–Crippen LogP) is 3.24. The fourth-order valence-corrected chi connectivity index (χ4v) is 5.69. The molecule has 0 aromatic carbocycles. The highest BCUT2D eigenvalue weighted by atomic mass is 32.2. The minimum atomic E-state index is -4.66. The molecule has 1 N–H and O–H groups in total. The monoisotopic (exact) mass is 545 g/mol. The lowest BCUT2D eigenvalue weighted by atomic mass is 9.95. The number of aryl methyl sites for hydroxylation is 2. The minimum Gasteiger partial charge on any atom is -0.478 e. The number of carbonyl (C=O) groups excluding carboxylic acids is 1. The van der Waals surface area contributed by atoms with Gasteiger partial charge in [-0.3, -0.25) is 4.79 Å². The Balaban J connectivity index is 1.61. The summed E-state index contributed by atoms with van der Waals surface area (Å²) in [5, 5.41) is 2.87. The zero-order valence-electron chi connectivity index (χ0n) is 20.0. The average Bonchev–Trinajstić information content (AvgIpc) is 3.14. The number of amides is 1. The maximum absolute atomic E-state index is 13.6. The number of nitrogens with one attached hydrogen (secondary N) is 1. The van der Waals surface area contributed by atoms with Gasteiger partial charge < -0.3 is 19.4 Å². The Morgan fingerprint density at radius 2 is 1.84 bits per heavy atom. The summed E-state index contributed by atoms with van der Waals surface area (Å²) in [6, 6.07) is 0.714. The quantitative estimate of drug-likeness (QED) is 0.468. The predicted molar refractivity (Wildman–Crippen MR) is 123 cm³/mol. The van der Waals surface area contributed by atoms with Gasteiger partial charge in [-0.25, -0.2) is 27.8 Å². The standard InChI is InChI=1S/C22H23F4N5O5S/c1-12-16-14(29-17(31(16)3)18(32)30-21(2)4-6-37(33,34)7-5-21)10-28-19(12)36-20-15(8-13(23)9-27-20)35-11-22(24,25)26/h8-10H,4-7,11H2,1-3H3,(H,30,32). The lowest BCUT2D eigenvalue weighted by Crippen LogP contribution is -2.51. The second kappa shape index (κ2) is 9.43. The van der Waals surface area contributed by atoms with Gasteiger partial charge in [0.15, 0.2) is 18.2 Å². The number of aromatic nitrogens is 4. The molecule has 0 radical (unpaired) electrons. The fourth-order valence-electron chi connectivity index (χ4n) is 3.96. The van der Waals surface area contributed by atoms with Gasteiger partial charge in [-0.1, -0.05) is 0 Å². The second-order valence-corrected chi connectivity index (χ2v) is 11.3. The molecule has 0 atom stereocenters. The van der Waals surface area contributed by atoms with Crippen molar-refractivity contribution < 1.29 is 40.2 Å². The molecule has 0 bridgehead atoms. The van der Waals surface area contributed by atoms with Crippen molar-refractivity contribution in [2.24, 2.45) is 7.05 Å². The van der Waals surface area contributed by atoms with E-state index in [1.807, 2.05) is 0 Å². The summed E-state index contributed by atoms with van der Waals surface area (Å²) >= 11 is 0. The molecule has 3 aromatic heterocycles. The van der Waals surface area contributed by atoms with Crippen molar-refractivity contribution in [3.05, 3.63) is 35.7 Å². The van der Waals surface area contributed by atoms with E-state index in [0.29, 0.717) is 22.7 Å². The van der Waals surface area contributed by atoms with Crippen LogP contribution in [0.1, 0.15) is 35.9 Å². The van der Waals surface area contributed by atoms with Crippen LogP contribution >= 0.6 is 0 Å². The number of sulfone groups is 1. The molecule has 4 heterocycles. The number of hydrogen-bond acceptors (Lipinski definition) is 8. The van der Waals surface area contributed by atoms with Crippen LogP contribution in [0.3, 0.4) is 0 Å². The molecule has 1 aliphatic heterocycles. The van der Waals surface area contributed by atoms with Gasteiger partial charge in [0.25, 0.3) is 11.8 Å². The van der Waals surface area contributed by atoms with Gasteiger partial charge in [0.2, 0.25) is 5.88 Å². The Kier molecular flexibility index (Phi) is 6.77. The summed E-state index contributed by atoms with van der Waals surface area (Å²) in [6.45, 7) is 1.70. The Morgan fingerprint density at radius 3 is 2.49 bits per heavy atom. The van der Waals surface area contributed by atoms with Crippen molar-refractivity contribution in [2.45, 2.75) is 38.4 Å². The fraction of sp³-hybridized carbons (Fsp3) is 0.455. The molecule has 4 rings (SSSR count). The molecule has 0 aliphatic carbocycles. The molecule has 0 saturated carbocycles. The van der Waals surface area contributed by atoms with E-state index >= 15 is 0 Å². The second-order valence-electron chi connectivity index (χ2n) is 9.05. The van der Waals surface area contributed by atoms with Gasteiger partial charge in [-0.15, -0.1) is 0 Å². The van der Waals surface area contributed by atoms with Crippen molar-refractivity contribution in [3.8, 4) is 17.5 Å². The van der Waals surface area contributed by atoms with Crippen LogP contribution < -0.4 is 14.8 Å². The van der Waals surface area contributed by atoms with Crippen molar-refractivity contribution in [1.29, 1.82) is 0 Å². The Bertz CT molecular complexity index is 1460. The molecule has 10 nitrogen and oxygen atoms in total. The summed E-state index contributed by atoms with van der Waals surface area (Å²) in [5.74, 6) is -2.50. The van der Waals surface area contributed by atoms with Crippen molar-refractivity contribution in [2.75, 3.05) is 18.1 Å². The van der Waals surface area contributed by atoms with Crippen LogP contribution in [0.5, 0.6) is 17.5 Å². The molecule has 1 amide bonds. The normalized spacial score (nSPS) is 16.9. The molecular formula is C22H23F4N5O5S. The maximum atomic E-state index is 13.6. The average molecular weight is 546 g/mol. The van der Waals surface area contributed by atoms with E-state index in [1.165, 1.54) is 10.8 Å². The number of pyridine rings is 2. The molecule has 1 aliphatic rings. The van der Waals surface area contributed by atoms with E-state index in [0.717, 1.165) is 6.20 Å². The van der Waals surface area contributed by atoms with Crippen LogP contribution in [0.4, 0.5) is 17.6 Å². The number of nitrogens with zero attached hydrogens (tertiary/aromatic N) is 4. The first-order chi connectivity index (χ1) is 17.2. The number of rotatable bonds is 6. The zero-order valence-corrected chi connectivity index (χ0v) is 20.8. The summed E-state index contributed by atoms with van der Waals surface area (Å²) in [4.78, 5) is 25.2. The van der Waals surface area contributed by atoms with Crippen LogP contribution in [0.25, 0.3) is 11.0 Å². The SMILES string of the molecule is Cc1c(Oc2ncc(F)cc2OCC(F)(F)F)ncc2nc(C(=O)NC3(C)CCS(=O)(=O)CC3)n(C)c12. The van der Waals surface area contributed by atoms with Gasteiger partial charge in [-0.05, 0) is 26.7 Å². The van der Waals surface area contributed by atoms with E-state index in [4.69, 9.17) is 4.74 Å². The first-order valence-electron chi connectivity index (χ1n) is 11.0. The molecule has 3 aromatic rings. The molecular weight excluding hydrogens is 522 g/mol. The summed E-state index contributed by atoms with van der Waals surface area (Å²) in [6.07, 6.45) is -2.05. The van der Waals surface area contributed by atoms with Crippen molar-refractivity contribution in [1.82, 2.24) is 24.8 Å². The smallest absolute Gasteiger partial charge is 0.422 e.